The minimum atomic E-state index is -1.39. The highest BCUT2D eigenvalue weighted by Crippen LogP contribution is 2.01. The van der Waals surface area contributed by atoms with E-state index in [2.05, 4.69) is 30.9 Å². The van der Waals surface area contributed by atoms with Crippen LogP contribution in [0.4, 0.5) is 0 Å². The second kappa shape index (κ2) is 13.6. The largest absolute Gasteiger partial charge is 0.480 e. The van der Waals surface area contributed by atoms with E-state index in [-0.39, 0.29) is 31.8 Å². The van der Waals surface area contributed by atoms with Crippen LogP contribution in [0.2, 0.25) is 0 Å². The Morgan fingerprint density at radius 3 is 2.38 bits per heavy atom. The number of carbonyl (C=O) groups excluding carboxylic acids is 3. The number of carboxylic acids is 1. The van der Waals surface area contributed by atoms with Gasteiger partial charge in [-0.3, -0.25) is 24.2 Å². The number of aliphatic hydroxyl groups is 1. The van der Waals surface area contributed by atoms with Crippen LogP contribution in [0, 0.1) is 0 Å². The van der Waals surface area contributed by atoms with Crippen LogP contribution in [-0.2, 0) is 25.6 Å². The average Bonchev–Trinajstić information content (AvgIpc) is 3.24. The van der Waals surface area contributed by atoms with E-state index in [9.17, 15) is 24.3 Å². The third kappa shape index (κ3) is 9.86. The Balaban J connectivity index is 2.72. The fraction of sp³-hybridized carbons (Fsp3) is 0.529. The van der Waals surface area contributed by atoms with Crippen molar-refractivity contribution in [3.63, 3.8) is 0 Å². The Bertz CT molecular complexity index is 794. The van der Waals surface area contributed by atoms with Gasteiger partial charge < -0.3 is 48.3 Å². The number of aliphatic imine (C=N–C) groups is 1. The lowest BCUT2D eigenvalue weighted by Gasteiger charge is -2.22. The number of aliphatic hydroxyl groups excluding tert-OH is 1. The van der Waals surface area contributed by atoms with Crippen molar-refractivity contribution in [2.75, 3.05) is 19.7 Å². The maximum Gasteiger partial charge on any atom is 0.322 e. The maximum atomic E-state index is 12.5. The Hall–Kier alpha value is -3.72. The Labute approximate surface area is 183 Å². The zero-order chi connectivity index (χ0) is 24.1. The van der Waals surface area contributed by atoms with E-state index in [1.807, 2.05) is 0 Å². The first-order chi connectivity index (χ1) is 15.1. The van der Waals surface area contributed by atoms with Crippen molar-refractivity contribution >= 4 is 29.7 Å². The number of carboxylic acid groups (broad SMARTS) is 1. The predicted octanol–water partition coefficient (Wildman–Crippen LogP) is -4.50. The number of imidazole rings is 1. The lowest BCUT2D eigenvalue weighted by atomic mass is 10.1. The number of nitrogens with two attached hydrogens (primary N) is 3. The quantitative estimate of drug-likeness (QED) is 0.0736. The number of hydrogen-bond acceptors (Lipinski definition) is 8. The number of amides is 3. The summed E-state index contributed by atoms with van der Waals surface area (Å²) in [7, 11) is 0. The molecule has 15 nitrogen and oxygen atoms in total. The zero-order valence-electron chi connectivity index (χ0n) is 17.3. The van der Waals surface area contributed by atoms with Crippen molar-refractivity contribution < 1.29 is 29.4 Å². The summed E-state index contributed by atoms with van der Waals surface area (Å²) in [6.45, 7) is -1.24. The molecule has 12 N–H and O–H groups in total. The van der Waals surface area contributed by atoms with Gasteiger partial charge in [-0.25, -0.2) is 4.98 Å². The van der Waals surface area contributed by atoms with Gasteiger partial charge in [0.2, 0.25) is 17.7 Å². The summed E-state index contributed by atoms with van der Waals surface area (Å²) in [6.07, 6.45) is 3.39. The fourth-order valence-corrected chi connectivity index (χ4v) is 2.53. The van der Waals surface area contributed by atoms with Gasteiger partial charge in [0, 0.05) is 24.9 Å². The van der Waals surface area contributed by atoms with E-state index in [1.54, 1.807) is 0 Å². The summed E-state index contributed by atoms with van der Waals surface area (Å²) in [5.41, 5.74) is 16.9. The number of nitrogens with zero attached hydrogens (tertiary/aromatic N) is 2. The van der Waals surface area contributed by atoms with Crippen molar-refractivity contribution in [3.8, 4) is 0 Å². The summed E-state index contributed by atoms with van der Waals surface area (Å²) in [5.74, 6) is -3.73. The van der Waals surface area contributed by atoms with Crippen LogP contribution >= 0.6 is 0 Å². The van der Waals surface area contributed by atoms with E-state index >= 15 is 0 Å². The van der Waals surface area contributed by atoms with E-state index in [1.165, 1.54) is 12.5 Å². The normalized spacial score (nSPS) is 13.3. The zero-order valence-corrected chi connectivity index (χ0v) is 17.3. The molecule has 1 aromatic rings. The topological polar surface area (TPSA) is 264 Å². The van der Waals surface area contributed by atoms with Gasteiger partial charge in [0.25, 0.3) is 0 Å². The van der Waals surface area contributed by atoms with Crippen LogP contribution in [0.15, 0.2) is 17.5 Å². The minimum absolute atomic E-state index is 0.0689. The molecule has 0 aromatic carbocycles. The molecule has 0 saturated heterocycles. The third-order valence-corrected chi connectivity index (χ3v) is 4.14. The fourth-order valence-electron chi connectivity index (χ4n) is 2.53. The summed E-state index contributed by atoms with van der Waals surface area (Å²) in [5, 5.41) is 25.1. The second-order valence-corrected chi connectivity index (χ2v) is 6.75. The van der Waals surface area contributed by atoms with E-state index in [4.69, 9.17) is 22.3 Å². The molecule has 0 radical (unpaired) electrons. The molecule has 1 aromatic heterocycles. The van der Waals surface area contributed by atoms with Gasteiger partial charge in [-0.05, 0) is 12.8 Å². The molecule has 1 heterocycles. The average molecular weight is 455 g/mol. The van der Waals surface area contributed by atoms with E-state index in [0.29, 0.717) is 5.69 Å². The second-order valence-electron chi connectivity index (χ2n) is 6.75. The lowest BCUT2D eigenvalue weighted by Crippen LogP contribution is -2.57. The monoisotopic (exact) mass is 455 g/mol. The molecule has 3 amide bonds. The van der Waals surface area contributed by atoms with Crippen LogP contribution in [0.3, 0.4) is 0 Å². The predicted molar refractivity (Wildman–Crippen MR) is 112 cm³/mol. The van der Waals surface area contributed by atoms with Gasteiger partial charge in [-0.15, -0.1) is 0 Å². The molecule has 3 unspecified atom stereocenters. The van der Waals surface area contributed by atoms with Crippen molar-refractivity contribution in [1.82, 2.24) is 25.9 Å². The number of guanidine groups is 1. The molecule has 0 aliphatic heterocycles. The third-order valence-electron chi connectivity index (χ3n) is 4.14. The number of nitrogens with one attached hydrogen (secondary N) is 4. The molecule has 0 fully saturated rings. The molecule has 15 heteroatoms. The number of aromatic amines is 1. The number of aromatic nitrogens is 2. The molecule has 0 spiro atoms. The standard InChI is InChI=1S/C17H29N9O6/c18-10(4-9-5-21-8-24-9)14(30)26-12(7-27)16(32)25-11(2-1-3-22-17(19)20)15(31)23-6-13(28)29/h5,8,10-12,27H,1-4,6-7,18H2,(H,21,24)(H,23,31)(H,25,32)(H,26,30)(H,28,29)(H4,19,20,22). The SMILES string of the molecule is NC(N)=NCCCC(NC(=O)C(CO)NC(=O)C(N)Cc1cnc[nH]1)C(=O)NCC(=O)O. The molecule has 1 rings (SSSR count). The number of aliphatic carboxylic acids is 1. The first-order valence-electron chi connectivity index (χ1n) is 9.63. The maximum absolute atomic E-state index is 12.5. The van der Waals surface area contributed by atoms with E-state index < -0.39 is 55.0 Å². The number of H-pyrrole nitrogens is 1. The molecule has 0 bridgehead atoms. The summed E-state index contributed by atoms with van der Waals surface area (Å²) in [4.78, 5) is 58.1. The highest BCUT2D eigenvalue weighted by atomic mass is 16.4. The first kappa shape index (κ1) is 26.3. The molecule has 0 aliphatic carbocycles. The van der Waals surface area contributed by atoms with Crippen LogP contribution in [-0.4, -0.2) is 87.7 Å². The minimum Gasteiger partial charge on any atom is -0.480 e. The Morgan fingerprint density at radius 2 is 1.81 bits per heavy atom. The van der Waals surface area contributed by atoms with Gasteiger partial charge in [0.05, 0.1) is 19.0 Å². The van der Waals surface area contributed by atoms with Gasteiger partial charge in [-0.1, -0.05) is 0 Å². The molecular formula is C17H29N9O6. The summed E-state index contributed by atoms with van der Waals surface area (Å²) >= 11 is 0. The number of carbonyl (C=O) groups is 4. The van der Waals surface area contributed by atoms with Crippen LogP contribution < -0.4 is 33.2 Å². The van der Waals surface area contributed by atoms with Crippen molar-refractivity contribution in [1.29, 1.82) is 0 Å². The highest BCUT2D eigenvalue weighted by molar-refractivity contribution is 5.93. The van der Waals surface area contributed by atoms with Gasteiger partial charge >= 0.3 is 5.97 Å². The summed E-state index contributed by atoms with van der Waals surface area (Å²) < 4.78 is 0. The Morgan fingerprint density at radius 1 is 1.12 bits per heavy atom. The number of rotatable bonds is 14. The van der Waals surface area contributed by atoms with Gasteiger partial charge in [0.15, 0.2) is 5.96 Å². The smallest absolute Gasteiger partial charge is 0.322 e. The van der Waals surface area contributed by atoms with Crippen molar-refractivity contribution in [2.45, 2.75) is 37.4 Å². The molecule has 3 atom stereocenters. The van der Waals surface area contributed by atoms with Gasteiger partial charge in [-0.2, -0.15) is 0 Å². The lowest BCUT2D eigenvalue weighted by molar-refractivity contribution is -0.138. The molecular weight excluding hydrogens is 426 g/mol. The highest BCUT2D eigenvalue weighted by Gasteiger charge is 2.28. The van der Waals surface area contributed by atoms with Gasteiger partial charge in [0.1, 0.15) is 18.6 Å². The Kier molecular flexibility index (Phi) is 11.1. The van der Waals surface area contributed by atoms with Crippen LogP contribution in [0.25, 0.3) is 0 Å². The van der Waals surface area contributed by atoms with Crippen molar-refractivity contribution in [3.05, 3.63) is 18.2 Å². The number of hydrogen-bond donors (Lipinski definition) is 9. The first-order valence-corrected chi connectivity index (χ1v) is 9.63. The molecule has 0 aliphatic rings. The van der Waals surface area contributed by atoms with E-state index in [0.717, 1.165) is 0 Å². The van der Waals surface area contributed by atoms with Crippen molar-refractivity contribution in [2.24, 2.45) is 22.2 Å². The summed E-state index contributed by atoms with van der Waals surface area (Å²) in [6, 6.07) is -3.56. The molecule has 0 saturated carbocycles. The molecule has 178 valence electrons. The van der Waals surface area contributed by atoms with Crippen LogP contribution in [0.1, 0.15) is 18.5 Å². The van der Waals surface area contributed by atoms with Crippen LogP contribution in [0.5, 0.6) is 0 Å². The molecule has 32 heavy (non-hydrogen) atoms.